The molecular formula is C15H31N2O2S. The van der Waals surface area contributed by atoms with E-state index in [2.05, 4.69) is 32.3 Å². The van der Waals surface area contributed by atoms with Gasteiger partial charge in [0.1, 0.15) is 0 Å². The molecule has 1 heterocycles. The zero-order valence-corrected chi connectivity index (χ0v) is 14.2. The Morgan fingerprint density at radius 3 is 2.40 bits per heavy atom. The molecule has 1 atom stereocenters. The largest absolute Gasteiger partial charge is 0.309 e. The molecule has 20 heavy (non-hydrogen) atoms. The predicted octanol–water partition coefficient (Wildman–Crippen LogP) is 2.37. The Bertz CT molecular complexity index is 349. The van der Waals surface area contributed by atoms with E-state index in [-0.39, 0.29) is 0 Å². The summed E-state index contributed by atoms with van der Waals surface area (Å²) < 4.78 is 26.1. The van der Waals surface area contributed by atoms with E-state index in [1.54, 1.807) is 4.31 Å². The molecule has 1 aliphatic heterocycles. The molecule has 1 fully saturated rings. The average molecular weight is 303 g/mol. The van der Waals surface area contributed by atoms with Crippen LogP contribution >= 0.6 is 0 Å². The zero-order chi connectivity index (χ0) is 15.0. The minimum absolute atomic E-state index is 0.321. The number of piperidine rings is 1. The van der Waals surface area contributed by atoms with Crippen LogP contribution in [0.4, 0.5) is 0 Å². The van der Waals surface area contributed by atoms with Gasteiger partial charge in [-0.2, -0.15) is 0 Å². The molecule has 4 nitrogen and oxygen atoms in total. The maximum Gasteiger partial charge on any atom is 0.214 e. The van der Waals surface area contributed by atoms with Gasteiger partial charge in [0.05, 0.1) is 5.75 Å². The van der Waals surface area contributed by atoms with E-state index in [1.807, 2.05) is 0 Å². The summed E-state index contributed by atoms with van der Waals surface area (Å²) in [5.41, 5.74) is 0. The smallest absolute Gasteiger partial charge is 0.214 e. The maximum atomic E-state index is 12.2. The summed E-state index contributed by atoms with van der Waals surface area (Å²) in [4.78, 5) is 2.20. The predicted molar refractivity (Wildman–Crippen MR) is 85.1 cm³/mol. The van der Waals surface area contributed by atoms with E-state index in [1.165, 1.54) is 12.8 Å². The summed E-state index contributed by atoms with van der Waals surface area (Å²) in [6, 6.07) is 0. The van der Waals surface area contributed by atoms with Crippen LogP contribution in [0.2, 0.25) is 0 Å². The van der Waals surface area contributed by atoms with Crippen LogP contribution in [0, 0.1) is 12.3 Å². The van der Waals surface area contributed by atoms with Gasteiger partial charge in [-0.05, 0) is 58.7 Å². The van der Waals surface area contributed by atoms with Gasteiger partial charge in [-0.15, -0.1) is 0 Å². The minimum atomic E-state index is -3.02. The first-order chi connectivity index (χ1) is 9.42. The Balaban J connectivity index is 2.20. The van der Waals surface area contributed by atoms with Crippen molar-refractivity contribution in [2.24, 2.45) is 5.92 Å². The lowest BCUT2D eigenvalue weighted by Crippen LogP contribution is -2.37. The van der Waals surface area contributed by atoms with Crippen molar-refractivity contribution in [3.8, 4) is 0 Å². The van der Waals surface area contributed by atoms with Gasteiger partial charge in [0.2, 0.25) is 10.0 Å². The Morgan fingerprint density at radius 1 is 1.15 bits per heavy atom. The first-order valence-electron chi connectivity index (χ1n) is 7.86. The highest BCUT2D eigenvalue weighted by Crippen LogP contribution is 2.17. The van der Waals surface area contributed by atoms with Gasteiger partial charge in [0, 0.05) is 13.1 Å². The lowest BCUT2D eigenvalue weighted by atomic mass is 10.0. The quantitative estimate of drug-likeness (QED) is 0.614. The minimum Gasteiger partial charge on any atom is -0.309 e. The Hall–Kier alpha value is -0.130. The van der Waals surface area contributed by atoms with Crippen LogP contribution in [0.3, 0.4) is 0 Å². The molecule has 0 amide bonds. The summed E-state index contributed by atoms with van der Waals surface area (Å²) in [7, 11) is 1.16. The molecule has 1 rings (SSSR count). The number of sulfonamides is 1. The van der Waals surface area contributed by atoms with Gasteiger partial charge in [-0.1, -0.05) is 19.8 Å². The van der Waals surface area contributed by atoms with Crippen molar-refractivity contribution in [1.82, 2.24) is 9.21 Å². The van der Waals surface area contributed by atoms with E-state index in [4.69, 9.17) is 0 Å². The summed E-state index contributed by atoms with van der Waals surface area (Å²) in [6.45, 7) is 4.66. The number of unbranched alkanes of at least 4 members (excludes halogenated alkanes) is 1. The number of hydrogen-bond acceptors (Lipinski definition) is 3. The maximum absolute atomic E-state index is 12.2. The normalized spacial score (nSPS) is 19.4. The molecule has 0 aromatic carbocycles. The van der Waals surface area contributed by atoms with Crippen molar-refractivity contribution < 1.29 is 8.42 Å². The van der Waals surface area contributed by atoms with E-state index < -0.39 is 10.0 Å². The summed E-state index contributed by atoms with van der Waals surface area (Å²) in [5, 5.41) is 0. The summed E-state index contributed by atoms with van der Waals surface area (Å²) in [5.74, 6) is 0.824. The molecule has 5 heteroatoms. The molecule has 1 aliphatic rings. The van der Waals surface area contributed by atoms with Crippen LogP contribution in [0.15, 0.2) is 0 Å². The molecule has 0 aromatic heterocycles. The zero-order valence-electron chi connectivity index (χ0n) is 13.3. The van der Waals surface area contributed by atoms with Crippen molar-refractivity contribution >= 4 is 10.0 Å². The highest BCUT2D eigenvalue weighted by atomic mass is 32.2. The lowest BCUT2D eigenvalue weighted by molar-refractivity contribution is 0.371. The van der Waals surface area contributed by atoms with Gasteiger partial charge in [-0.3, -0.25) is 0 Å². The van der Waals surface area contributed by atoms with E-state index in [0.717, 1.165) is 32.2 Å². The Morgan fingerprint density at radius 2 is 1.80 bits per heavy atom. The number of nitrogens with zero attached hydrogens (tertiary/aromatic N) is 2. The molecule has 1 unspecified atom stereocenters. The summed E-state index contributed by atoms with van der Waals surface area (Å²) in [6.07, 6.45) is 8.31. The van der Waals surface area contributed by atoms with Crippen LogP contribution in [-0.2, 0) is 10.0 Å². The van der Waals surface area contributed by atoms with Crippen LogP contribution in [0.25, 0.3) is 0 Å². The first-order valence-corrected chi connectivity index (χ1v) is 9.47. The third kappa shape index (κ3) is 7.04. The molecule has 1 saturated heterocycles. The molecule has 0 saturated carbocycles. The molecular weight excluding hydrogens is 272 g/mol. The molecule has 119 valence electrons. The molecule has 0 spiro atoms. The molecule has 0 aromatic rings. The highest BCUT2D eigenvalue weighted by Gasteiger charge is 2.24. The topological polar surface area (TPSA) is 40.6 Å². The second-order valence-corrected chi connectivity index (χ2v) is 8.36. The summed E-state index contributed by atoms with van der Waals surface area (Å²) >= 11 is 0. The van der Waals surface area contributed by atoms with Gasteiger partial charge in [0.15, 0.2) is 0 Å². The van der Waals surface area contributed by atoms with Crippen molar-refractivity contribution in [1.29, 1.82) is 0 Å². The van der Waals surface area contributed by atoms with Crippen LogP contribution in [-0.4, -0.2) is 57.1 Å². The van der Waals surface area contributed by atoms with E-state index in [0.29, 0.717) is 24.8 Å². The molecule has 0 N–H and O–H groups in total. The third-order valence-corrected chi connectivity index (χ3v) is 5.88. The number of hydrogen-bond donors (Lipinski definition) is 0. The second kappa shape index (κ2) is 9.00. The van der Waals surface area contributed by atoms with Crippen molar-refractivity contribution in [3.05, 3.63) is 6.42 Å². The fraction of sp³-hybridized carbons (Fsp3) is 0.933. The van der Waals surface area contributed by atoms with Gasteiger partial charge in [-0.25, -0.2) is 12.7 Å². The second-order valence-electron chi connectivity index (χ2n) is 6.27. The van der Waals surface area contributed by atoms with Crippen LogP contribution in [0.5, 0.6) is 0 Å². The van der Waals surface area contributed by atoms with Crippen molar-refractivity contribution in [2.75, 3.05) is 39.5 Å². The number of rotatable bonds is 9. The first kappa shape index (κ1) is 17.9. The molecule has 0 bridgehead atoms. The molecule has 0 aliphatic carbocycles. The van der Waals surface area contributed by atoms with E-state index in [9.17, 15) is 8.42 Å². The van der Waals surface area contributed by atoms with Crippen LogP contribution < -0.4 is 0 Å². The van der Waals surface area contributed by atoms with Gasteiger partial charge >= 0.3 is 0 Å². The van der Waals surface area contributed by atoms with Crippen LogP contribution in [0.1, 0.15) is 45.4 Å². The highest BCUT2D eigenvalue weighted by molar-refractivity contribution is 7.89. The fourth-order valence-corrected chi connectivity index (χ4v) is 4.27. The SMILES string of the molecule is CC(CCCCN(C)C)CCS(=O)(=O)N1CC[CH]CC1. The fourth-order valence-electron chi connectivity index (χ4n) is 2.55. The monoisotopic (exact) mass is 303 g/mol. The third-order valence-electron chi connectivity index (χ3n) is 3.98. The Kier molecular flexibility index (Phi) is 8.07. The van der Waals surface area contributed by atoms with Crippen molar-refractivity contribution in [2.45, 2.75) is 45.4 Å². The van der Waals surface area contributed by atoms with E-state index >= 15 is 0 Å². The lowest BCUT2D eigenvalue weighted by Gasteiger charge is -2.26. The van der Waals surface area contributed by atoms with Gasteiger partial charge in [0.25, 0.3) is 0 Å². The Labute approximate surface area is 125 Å². The molecule has 1 radical (unpaired) electrons. The standard InChI is InChI=1S/C15H31N2O2S/c1-15(9-5-8-11-16(2)3)10-14-20(18,19)17-12-6-4-7-13-17/h4,15H,5-14H2,1-3H3. The van der Waals surface area contributed by atoms with Crippen molar-refractivity contribution in [3.63, 3.8) is 0 Å². The average Bonchev–Trinajstić information content (AvgIpc) is 2.42. The van der Waals surface area contributed by atoms with Gasteiger partial charge < -0.3 is 4.90 Å².